The van der Waals surface area contributed by atoms with Gasteiger partial charge in [0, 0.05) is 12.6 Å². The Morgan fingerprint density at radius 1 is 0.938 bits per heavy atom. The molecule has 0 spiro atoms. The first-order valence-electron chi connectivity index (χ1n) is 11.7. The average molecular weight is 457 g/mol. The van der Waals surface area contributed by atoms with Crippen molar-refractivity contribution in [2.75, 3.05) is 6.54 Å². The van der Waals surface area contributed by atoms with Crippen molar-refractivity contribution in [1.29, 1.82) is 0 Å². The standard InChI is InChI=1S/C26H36N2O3S/c1-20-16-21(2)26(22(3)17-20)32(30,31)28(18-23-12-8-7-9-13-23)19-25(29)27-24-14-10-5-4-6-11-15-24/h7-9,12-13,16-17,24H,4-6,10-11,14-15,18-19H2,1-3H3,(H,27,29). The van der Waals surface area contributed by atoms with E-state index in [0.717, 1.165) is 36.8 Å². The number of benzene rings is 2. The fraction of sp³-hybridized carbons (Fsp3) is 0.500. The Kier molecular flexibility index (Phi) is 8.49. The highest BCUT2D eigenvalue weighted by Gasteiger charge is 2.30. The molecular weight excluding hydrogens is 420 g/mol. The minimum Gasteiger partial charge on any atom is -0.352 e. The highest BCUT2D eigenvalue weighted by Crippen LogP contribution is 2.26. The Morgan fingerprint density at radius 2 is 1.50 bits per heavy atom. The fourth-order valence-corrected chi connectivity index (χ4v) is 6.55. The van der Waals surface area contributed by atoms with E-state index in [1.807, 2.05) is 63.2 Å². The zero-order valence-electron chi connectivity index (χ0n) is 19.6. The van der Waals surface area contributed by atoms with Gasteiger partial charge in [0.2, 0.25) is 15.9 Å². The van der Waals surface area contributed by atoms with Gasteiger partial charge < -0.3 is 5.32 Å². The van der Waals surface area contributed by atoms with Crippen molar-refractivity contribution in [3.63, 3.8) is 0 Å². The highest BCUT2D eigenvalue weighted by molar-refractivity contribution is 7.89. The number of sulfonamides is 1. The number of rotatable bonds is 7. The molecule has 5 nitrogen and oxygen atoms in total. The highest BCUT2D eigenvalue weighted by atomic mass is 32.2. The Hall–Kier alpha value is -2.18. The van der Waals surface area contributed by atoms with E-state index in [1.165, 1.54) is 23.6 Å². The fourth-order valence-electron chi connectivity index (χ4n) is 4.75. The molecule has 1 N–H and O–H groups in total. The molecule has 1 amide bonds. The molecule has 1 fully saturated rings. The molecule has 0 unspecified atom stereocenters. The Labute approximate surface area is 193 Å². The number of hydrogen-bond acceptors (Lipinski definition) is 3. The van der Waals surface area contributed by atoms with Crippen LogP contribution in [0.3, 0.4) is 0 Å². The van der Waals surface area contributed by atoms with Crippen molar-refractivity contribution < 1.29 is 13.2 Å². The van der Waals surface area contributed by atoms with Crippen molar-refractivity contribution in [3.05, 3.63) is 64.7 Å². The van der Waals surface area contributed by atoms with Gasteiger partial charge in [-0.05, 0) is 50.3 Å². The molecule has 1 aliphatic rings. The maximum absolute atomic E-state index is 13.8. The predicted octanol–water partition coefficient (Wildman–Crippen LogP) is 5.03. The van der Waals surface area contributed by atoms with E-state index in [9.17, 15) is 13.2 Å². The Balaban J connectivity index is 1.85. The molecule has 2 aromatic rings. The lowest BCUT2D eigenvalue weighted by atomic mass is 9.97. The minimum absolute atomic E-state index is 0.131. The van der Waals surface area contributed by atoms with Crippen LogP contribution in [0.5, 0.6) is 0 Å². The third-order valence-corrected chi connectivity index (χ3v) is 8.29. The van der Waals surface area contributed by atoms with Crippen LogP contribution in [0.4, 0.5) is 0 Å². The summed E-state index contributed by atoms with van der Waals surface area (Å²) in [5, 5.41) is 3.12. The predicted molar refractivity (Wildman–Crippen MR) is 129 cm³/mol. The van der Waals surface area contributed by atoms with Crippen LogP contribution in [0, 0.1) is 20.8 Å². The molecule has 0 aromatic heterocycles. The molecule has 0 radical (unpaired) electrons. The smallest absolute Gasteiger partial charge is 0.244 e. The van der Waals surface area contributed by atoms with Crippen molar-refractivity contribution in [1.82, 2.24) is 9.62 Å². The van der Waals surface area contributed by atoms with Crippen LogP contribution in [-0.4, -0.2) is 31.2 Å². The van der Waals surface area contributed by atoms with Gasteiger partial charge in [-0.3, -0.25) is 4.79 Å². The van der Waals surface area contributed by atoms with Crippen molar-refractivity contribution in [2.45, 2.75) is 83.2 Å². The average Bonchev–Trinajstić information content (AvgIpc) is 2.69. The van der Waals surface area contributed by atoms with E-state index in [1.54, 1.807) is 0 Å². The summed E-state index contributed by atoms with van der Waals surface area (Å²) in [7, 11) is -3.85. The molecule has 174 valence electrons. The van der Waals surface area contributed by atoms with E-state index in [-0.39, 0.29) is 25.0 Å². The van der Waals surface area contributed by atoms with Crippen molar-refractivity contribution in [2.24, 2.45) is 0 Å². The third kappa shape index (κ3) is 6.42. The van der Waals surface area contributed by atoms with Crippen LogP contribution in [0.15, 0.2) is 47.4 Å². The number of hydrogen-bond donors (Lipinski definition) is 1. The first kappa shape index (κ1) is 24.5. The van der Waals surface area contributed by atoms with Crippen LogP contribution in [0.1, 0.15) is 67.2 Å². The van der Waals surface area contributed by atoms with Crippen LogP contribution in [-0.2, 0) is 21.4 Å². The van der Waals surface area contributed by atoms with Crippen molar-refractivity contribution >= 4 is 15.9 Å². The number of carbonyl (C=O) groups is 1. The monoisotopic (exact) mass is 456 g/mol. The van der Waals surface area contributed by atoms with E-state index in [2.05, 4.69) is 5.32 Å². The van der Waals surface area contributed by atoms with Crippen LogP contribution < -0.4 is 5.32 Å². The molecule has 32 heavy (non-hydrogen) atoms. The van der Waals surface area contributed by atoms with Gasteiger partial charge in [0.15, 0.2) is 0 Å². The number of nitrogens with zero attached hydrogens (tertiary/aromatic N) is 1. The molecule has 1 saturated carbocycles. The van der Waals surface area contributed by atoms with E-state index >= 15 is 0 Å². The van der Waals surface area contributed by atoms with Crippen LogP contribution >= 0.6 is 0 Å². The molecule has 0 bridgehead atoms. The van der Waals surface area contributed by atoms with Crippen molar-refractivity contribution in [3.8, 4) is 0 Å². The lowest BCUT2D eigenvalue weighted by molar-refractivity contribution is -0.122. The molecule has 2 aromatic carbocycles. The summed E-state index contributed by atoms with van der Waals surface area (Å²) < 4.78 is 28.9. The van der Waals surface area contributed by atoms with Gasteiger partial charge in [-0.1, -0.05) is 80.1 Å². The second-order valence-corrected chi connectivity index (χ2v) is 11.0. The maximum Gasteiger partial charge on any atom is 0.244 e. The van der Waals surface area contributed by atoms with Crippen LogP contribution in [0.2, 0.25) is 0 Å². The first-order chi connectivity index (χ1) is 15.3. The summed E-state index contributed by atoms with van der Waals surface area (Å²) in [6, 6.07) is 13.4. The number of aryl methyl sites for hydroxylation is 3. The zero-order chi connectivity index (χ0) is 23.1. The quantitative estimate of drug-likeness (QED) is 0.635. The van der Waals surface area contributed by atoms with Gasteiger partial charge >= 0.3 is 0 Å². The number of nitrogens with one attached hydrogen (secondary N) is 1. The molecular formula is C26H36N2O3S. The summed E-state index contributed by atoms with van der Waals surface area (Å²) >= 11 is 0. The molecule has 0 aliphatic heterocycles. The molecule has 1 aliphatic carbocycles. The lowest BCUT2D eigenvalue weighted by Gasteiger charge is -2.26. The van der Waals surface area contributed by atoms with Gasteiger partial charge in [-0.2, -0.15) is 4.31 Å². The van der Waals surface area contributed by atoms with Gasteiger partial charge in [0.05, 0.1) is 11.4 Å². The normalized spacial score (nSPS) is 15.9. The third-order valence-electron chi connectivity index (χ3n) is 6.19. The summed E-state index contributed by atoms with van der Waals surface area (Å²) in [4.78, 5) is 13.3. The topological polar surface area (TPSA) is 66.5 Å². The first-order valence-corrected chi connectivity index (χ1v) is 13.1. The molecule has 0 saturated heterocycles. The largest absolute Gasteiger partial charge is 0.352 e. The van der Waals surface area contributed by atoms with Gasteiger partial charge in [0.1, 0.15) is 0 Å². The van der Waals surface area contributed by atoms with Gasteiger partial charge in [-0.25, -0.2) is 8.42 Å². The van der Waals surface area contributed by atoms with Gasteiger partial charge in [0.25, 0.3) is 0 Å². The molecule has 6 heteroatoms. The lowest BCUT2D eigenvalue weighted by Crippen LogP contribution is -2.44. The van der Waals surface area contributed by atoms with Crippen LogP contribution in [0.25, 0.3) is 0 Å². The van der Waals surface area contributed by atoms with E-state index < -0.39 is 10.0 Å². The maximum atomic E-state index is 13.8. The molecule has 3 rings (SSSR count). The number of carbonyl (C=O) groups excluding carboxylic acids is 1. The number of amides is 1. The summed E-state index contributed by atoms with van der Waals surface area (Å²) in [6.45, 7) is 5.58. The second kappa shape index (κ2) is 11.1. The second-order valence-electron chi connectivity index (χ2n) is 9.10. The van der Waals surface area contributed by atoms with E-state index in [4.69, 9.17) is 0 Å². The molecule has 0 atom stereocenters. The molecule has 0 heterocycles. The zero-order valence-corrected chi connectivity index (χ0v) is 20.4. The van der Waals surface area contributed by atoms with E-state index in [0.29, 0.717) is 16.0 Å². The summed E-state index contributed by atoms with van der Waals surface area (Å²) in [5.41, 5.74) is 3.30. The minimum atomic E-state index is -3.85. The SMILES string of the molecule is Cc1cc(C)c(S(=O)(=O)N(CC(=O)NC2CCCCCCC2)Cc2ccccc2)c(C)c1. The Bertz CT molecular complexity index is 988. The Morgan fingerprint density at radius 3 is 2.09 bits per heavy atom. The summed E-state index contributed by atoms with van der Waals surface area (Å²) in [6.07, 6.45) is 7.82. The van der Waals surface area contributed by atoms with Gasteiger partial charge in [-0.15, -0.1) is 0 Å². The summed E-state index contributed by atoms with van der Waals surface area (Å²) in [5.74, 6) is -0.225.